The first-order chi connectivity index (χ1) is 4.00. The zero-order chi connectivity index (χ0) is 7.86. The van der Waals surface area contributed by atoms with Gasteiger partial charge in [0.25, 0.3) is 5.09 Å². The van der Waals surface area contributed by atoms with Crippen LogP contribution in [0.3, 0.4) is 0 Å². The lowest BCUT2D eigenvalue weighted by molar-refractivity contribution is -0.742. The molecule has 0 spiro atoms. The fourth-order valence-electron chi connectivity index (χ4n) is 0. The average Bonchev–Trinajstić information content (AvgIpc) is 1.65. The van der Waals surface area contributed by atoms with Crippen molar-refractivity contribution in [3.63, 3.8) is 0 Å². The number of nitrogens with zero attached hydrogens (tertiary/aromatic N) is 1. The molecule has 0 aromatic heterocycles. The molecule has 3 N–H and O–H groups in total. The summed E-state index contributed by atoms with van der Waals surface area (Å²) in [6.07, 6.45) is -0.699. The second kappa shape index (κ2) is 7.12. The molecule has 0 fully saturated rings. The quantitative estimate of drug-likeness (QED) is 0.254. The first-order valence-electron chi connectivity index (χ1n) is 2.20. The Bertz CT molecular complexity index is 68.6. The van der Waals surface area contributed by atoms with E-state index in [0.29, 0.717) is 6.42 Å². The van der Waals surface area contributed by atoms with Crippen LogP contribution in [-0.4, -0.2) is 26.8 Å². The van der Waals surface area contributed by atoms with E-state index in [2.05, 4.69) is 0 Å². The average molecular weight is 139 g/mol. The van der Waals surface area contributed by atoms with Crippen LogP contribution in [-0.2, 0) is 0 Å². The van der Waals surface area contributed by atoms with Crippen molar-refractivity contribution in [2.75, 3.05) is 0 Å². The Morgan fingerprint density at radius 3 is 1.78 bits per heavy atom. The second-order valence-corrected chi connectivity index (χ2v) is 1.13. The van der Waals surface area contributed by atoms with Crippen LogP contribution in [0, 0.1) is 10.1 Å². The molecule has 0 aromatic rings. The maximum atomic E-state index is 8.36. The number of hydrogen-bond acceptors (Lipinski definition) is 4. The van der Waals surface area contributed by atoms with E-state index in [1.165, 1.54) is 0 Å². The highest BCUT2D eigenvalue weighted by Crippen LogP contribution is 1.77. The predicted octanol–water partition coefficient (Wildman–Crippen LogP) is -0.641. The van der Waals surface area contributed by atoms with Gasteiger partial charge in [0.2, 0.25) is 0 Å². The molecule has 0 heterocycles. The summed E-state index contributed by atoms with van der Waals surface area (Å²) < 4.78 is 0. The standard InChI is InChI=1S/C3H8O2.HNO3/c1-2-3(4)5;2-1(3)4/h3-5H,2H2,1H3;(H,2,3,4). The number of aliphatic hydroxyl groups is 2. The van der Waals surface area contributed by atoms with Gasteiger partial charge in [0.15, 0.2) is 6.29 Å². The fraction of sp³-hybridized carbons (Fsp3) is 1.00. The van der Waals surface area contributed by atoms with E-state index in [4.69, 9.17) is 25.5 Å². The van der Waals surface area contributed by atoms with Crippen molar-refractivity contribution in [2.24, 2.45) is 0 Å². The van der Waals surface area contributed by atoms with E-state index in [1.807, 2.05) is 0 Å². The summed E-state index contributed by atoms with van der Waals surface area (Å²) in [5.41, 5.74) is 0. The van der Waals surface area contributed by atoms with Crippen LogP contribution in [0.25, 0.3) is 0 Å². The molecule has 0 unspecified atom stereocenters. The van der Waals surface area contributed by atoms with Crippen molar-refractivity contribution in [1.29, 1.82) is 0 Å². The largest absolute Gasteiger partial charge is 0.368 e. The van der Waals surface area contributed by atoms with E-state index in [9.17, 15) is 0 Å². The fourth-order valence-corrected chi connectivity index (χ4v) is 0. The second-order valence-electron chi connectivity index (χ2n) is 1.13. The Hall–Kier alpha value is -0.880. The zero-order valence-electron chi connectivity index (χ0n) is 4.89. The smallest absolute Gasteiger partial charge is 0.291 e. The maximum Gasteiger partial charge on any atom is 0.291 e. The monoisotopic (exact) mass is 139 g/mol. The highest BCUT2D eigenvalue weighted by Gasteiger charge is 1.83. The third-order valence-electron chi connectivity index (χ3n) is 0.365. The van der Waals surface area contributed by atoms with Gasteiger partial charge in [-0.2, -0.15) is 0 Å². The highest BCUT2D eigenvalue weighted by atomic mass is 16.9. The molecule has 0 aliphatic heterocycles. The molecular weight excluding hydrogens is 130 g/mol. The van der Waals surface area contributed by atoms with Gasteiger partial charge < -0.3 is 15.4 Å². The van der Waals surface area contributed by atoms with E-state index >= 15 is 0 Å². The molecule has 0 amide bonds. The normalized spacial score (nSPS) is 8.00. The van der Waals surface area contributed by atoms with Crippen molar-refractivity contribution in [3.05, 3.63) is 10.1 Å². The molecule has 0 saturated heterocycles. The summed E-state index contributed by atoms with van der Waals surface area (Å²) in [6.45, 7) is 1.70. The molecule has 0 aliphatic rings. The van der Waals surface area contributed by atoms with E-state index in [-0.39, 0.29) is 0 Å². The number of rotatable bonds is 1. The molecule has 0 saturated carbocycles. The highest BCUT2D eigenvalue weighted by molar-refractivity contribution is 4.21. The summed E-state index contributed by atoms with van der Waals surface area (Å²) in [6, 6.07) is 0. The molecular formula is C3H9NO5. The third kappa shape index (κ3) is 149. The van der Waals surface area contributed by atoms with Gasteiger partial charge >= 0.3 is 0 Å². The van der Waals surface area contributed by atoms with Gasteiger partial charge in [0.1, 0.15) is 0 Å². The van der Waals surface area contributed by atoms with Crippen LogP contribution < -0.4 is 0 Å². The van der Waals surface area contributed by atoms with Gasteiger partial charge in [-0.1, -0.05) is 6.92 Å². The zero-order valence-corrected chi connectivity index (χ0v) is 4.89. The molecule has 6 heteroatoms. The lowest BCUT2D eigenvalue weighted by atomic mass is 10.5. The van der Waals surface area contributed by atoms with Crippen LogP contribution in [0.1, 0.15) is 13.3 Å². The minimum absolute atomic E-state index is 0.417. The minimum Gasteiger partial charge on any atom is -0.368 e. The van der Waals surface area contributed by atoms with E-state index in [1.54, 1.807) is 6.92 Å². The SMILES string of the molecule is CCC(O)O.O=[N+]([O-])O. The Kier molecular flexibility index (Phi) is 8.69. The molecule has 0 atom stereocenters. The number of aliphatic hydroxyl groups excluding tert-OH is 1. The van der Waals surface area contributed by atoms with Gasteiger partial charge in [-0.15, -0.1) is 10.1 Å². The Morgan fingerprint density at radius 2 is 1.78 bits per heavy atom. The first kappa shape index (κ1) is 11.0. The number of hydrogen-bond donors (Lipinski definition) is 3. The molecule has 0 aromatic carbocycles. The van der Waals surface area contributed by atoms with Crippen molar-refractivity contribution >= 4 is 0 Å². The van der Waals surface area contributed by atoms with Crippen LogP contribution >= 0.6 is 0 Å². The van der Waals surface area contributed by atoms with Crippen LogP contribution in [0.2, 0.25) is 0 Å². The maximum absolute atomic E-state index is 8.36. The summed E-state index contributed by atoms with van der Waals surface area (Å²) in [5.74, 6) is 0. The van der Waals surface area contributed by atoms with E-state index < -0.39 is 11.4 Å². The molecule has 0 aliphatic carbocycles. The molecule has 9 heavy (non-hydrogen) atoms. The summed E-state index contributed by atoms with van der Waals surface area (Å²) in [5, 5.41) is 29.5. The van der Waals surface area contributed by atoms with Gasteiger partial charge in [-0.3, -0.25) is 0 Å². The Balaban J connectivity index is 0. The Morgan fingerprint density at radius 1 is 1.67 bits per heavy atom. The van der Waals surface area contributed by atoms with Gasteiger partial charge in [-0.05, 0) is 6.42 Å². The van der Waals surface area contributed by atoms with Gasteiger partial charge in [0, 0.05) is 0 Å². The van der Waals surface area contributed by atoms with Gasteiger partial charge in [0.05, 0.1) is 0 Å². The molecule has 56 valence electrons. The first-order valence-corrected chi connectivity index (χ1v) is 2.20. The topological polar surface area (TPSA) is 104 Å². The molecule has 0 radical (unpaired) electrons. The van der Waals surface area contributed by atoms with Gasteiger partial charge in [-0.25, -0.2) is 0 Å². The predicted molar refractivity (Wildman–Crippen MR) is 27.3 cm³/mol. The van der Waals surface area contributed by atoms with Crippen LogP contribution in [0.15, 0.2) is 0 Å². The van der Waals surface area contributed by atoms with Crippen molar-refractivity contribution in [1.82, 2.24) is 0 Å². The molecule has 6 nitrogen and oxygen atoms in total. The van der Waals surface area contributed by atoms with Crippen molar-refractivity contribution < 1.29 is 20.5 Å². The lowest BCUT2D eigenvalue weighted by Gasteiger charge is -1.90. The van der Waals surface area contributed by atoms with Crippen LogP contribution in [0.4, 0.5) is 0 Å². The minimum atomic E-state index is -1.50. The van der Waals surface area contributed by atoms with E-state index in [0.717, 1.165) is 0 Å². The summed E-state index contributed by atoms with van der Waals surface area (Å²) >= 11 is 0. The molecule has 0 rings (SSSR count). The van der Waals surface area contributed by atoms with Crippen LogP contribution in [0.5, 0.6) is 0 Å². The summed E-state index contributed by atoms with van der Waals surface area (Å²) in [7, 11) is 0. The molecule has 0 bridgehead atoms. The van der Waals surface area contributed by atoms with Crippen molar-refractivity contribution in [2.45, 2.75) is 19.6 Å². The lowest BCUT2D eigenvalue weighted by Crippen LogP contribution is -1.99. The Labute approximate surface area is 51.5 Å². The van der Waals surface area contributed by atoms with Crippen molar-refractivity contribution in [3.8, 4) is 0 Å². The third-order valence-corrected chi connectivity index (χ3v) is 0.365. The summed E-state index contributed by atoms with van der Waals surface area (Å²) in [4.78, 5) is 8.36.